The summed E-state index contributed by atoms with van der Waals surface area (Å²) < 4.78 is 0. The van der Waals surface area contributed by atoms with E-state index in [0.29, 0.717) is 0 Å². The van der Waals surface area contributed by atoms with Gasteiger partial charge in [-0.05, 0) is 30.9 Å². The maximum atomic E-state index is 6.13. The van der Waals surface area contributed by atoms with E-state index in [9.17, 15) is 0 Å². The van der Waals surface area contributed by atoms with E-state index in [-0.39, 0.29) is 23.2 Å². The van der Waals surface area contributed by atoms with Crippen LogP contribution in [0.4, 0.5) is 0 Å². The van der Waals surface area contributed by atoms with Crippen LogP contribution in [0.15, 0.2) is 24.3 Å². The average Bonchev–Trinajstić information content (AvgIpc) is 2.70. The van der Waals surface area contributed by atoms with Gasteiger partial charge in [-0.3, -0.25) is 0 Å². The van der Waals surface area contributed by atoms with E-state index in [1.807, 2.05) is 13.8 Å². The van der Waals surface area contributed by atoms with Crippen LogP contribution in [0, 0.1) is 6.92 Å². The summed E-state index contributed by atoms with van der Waals surface area (Å²) in [7, 11) is 0. The van der Waals surface area contributed by atoms with Crippen molar-refractivity contribution in [3.63, 3.8) is 0 Å². The van der Waals surface area contributed by atoms with Crippen LogP contribution in [0.5, 0.6) is 0 Å². The van der Waals surface area contributed by atoms with E-state index in [2.05, 4.69) is 55.0 Å². The first-order chi connectivity index (χ1) is 8.79. The first kappa shape index (κ1) is 17.1. The topological polar surface area (TPSA) is 28.7 Å². The minimum absolute atomic E-state index is 0. The zero-order valence-electron chi connectivity index (χ0n) is 12.6. The molecule has 20 heavy (non-hydrogen) atoms. The third-order valence-corrected chi connectivity index (χ3v) is 3.51. The number of aromatic nitrogens is 2. The van der Waals surface area contributed by atoms with Gasteiger partial charge in [0.2, 0.25) is 0 Å². The highest BCUT2D eigenvalue weighted by atomic mass is 35.5. The van der Waals surface area contributed by atoms with Gasteiger partial charge in [-0.2, -0.15) is 0 Å². The molecule has 0 aliphatic carbocycles. The van der Waals surface area contributed by atoms with E-state index in [1.54, 1.807) is 0 Å². The number of rotatable bonds is 2. The molecule has 1 aromatic heterocycles. The van der Waals surface area contributed by atoms with E-state index >= 15 is 0 Å². The summed E-state index contributed by atoms with van der Waals surface area (Å²) in [5.41, 5.74) is 4.52. The molecular formula is C16H22Cl2N2. The molecule has 0 radical (unpaired) electrons. The van der Waals surface area contributed by atoms with Crippen molar-refractivity contribution >= 4 is 24.0 Å². The third-order valence-electron chi connectivity index (χ3n) is 3.30. The molecule has 0 amide bonds. The molecule has 2 nitrogen and oxygen atoms in total. The molecule has 1 aromatic carbocycles. The number of aryl methyl sites for hydroxylation is 1. The smallest absolute Gasteiger partial charge is 0.137 e. The van der Waals surface area contributed by atoms with Gasteiger partial charge in [-0.1, -0.05) is 39.0 Å². The van der Waals surface area contributed by atoms with Gasteiger partial charge in [0, 0.05) is 11.3 Å². The van der Waals surface area contributed by atoms with Crippen LogP contribution in [-0.4, -0.2) is 9.97 Å². The predicted octanol–water partition coefficient (Wildman–Crippen LogP) is 5.40. The Balaban J connectivity index is 0.00000200. The second-order valence-electron chi connectivity index (χ2n) is 6.04. The Morgan fingerprint density at radius 2 is 1.90 bits per heavy atom. The number of alkyl halides is 1. The van der Waals surface area contributed by atoms with Gasteiger partial charge >= 0.3 is 0 Å². The summed E-state index contributed by atoms with van der Waals surface area (Å²) in [5, 5.41) is -0.0733. The van der Waals surface area contributed by atoms with Crippen molar-refractivity contribution in [2.24, 2.45) is 0 Å². The zero-order valence-corrected chi connectivity index (χ0v) is 14.2. The highest BCUT2D eigenvalue weighted by Crippen LogP contribution is 2.28. The molecule has 1 unspecified atom stereocenters. The fourth-order valence-electron chi connectivity index (χ4n) is 2.13. The Bertz CT molecular complexity index is 580. The second kappa shape index (κ2) is 6.19. The Kier molecular flexibility index (Phi) is 5.28. The molecule has 1 N–H and O–H groups in total. The predicted molar refractivity (Wildman–Crippen MR) is 89.0 cm³/mol. The lowest BCUT2D eigenvalue weighted by Gasteiger charge is -2.19. The summed E-state index contributed by atoms with van der Waals surface area (Å²) in [6, 6.07) is 8.51. The quantitative estimate of drug-likeness (QED) is 0.738. The number of nitrogens with one attached hydrogen (secondary N) is 1. The van der Waals surface area contributed by atoms with Crippen LogP contribution in [0.3, 0.4) is 0 Å². The Morgan fingerprint density at radius 1 is 1.25 bits per heavy atom. The van der Waals surface area contributed by atoms with Crippen LogP contribution in [0.25, 0.3) is 11.4 Å². The highest BCUT2D eigenvalue weighted by molar-refractivity contribution is 6.20. The largest absolute Gasteiger partial charge is 0.342 e. The molecule has 0 saturated heterocycles. The monoisotopic (exact) mass is 312 g/mol. The molecule has 4 heteroatoms. The molecule has 0 spiro atoms. The van der Waals surface area contributed by atoms with Gasteiger partial charge in [0.05, 0.1) is 11.1 Å². The summed E-state index contributed by atoms with van der Waals surface area (Å²) >= 11 is 6.13. The molecule has 2 rings (SSSR count). The SMILES string of the molecule is Cc1[nH]c(-c2cccc(C(C)(C)C)c2)nc1C(C)Cl.Cl. The average molecular weight is 313 g/mol. The Labute approximate surface area is 132 Å². The van der Waals surface area contributed by atoms with Gasteiger partial charge in [-0.25, -0.2) is 4.98 Å². The van der Waals surface area contributed by atoms with Crippen molar-refractivity contribution < 1.29 is 0 Å². The van der Waals surface area contributed by atoms with E-state index in [1.165, 1.54) is 5.56 Å². The first-order valence-corrected chi connectivity index (χ1v) is 7.04. The summed E-state index contributed by atoms with van der Waals surface area (Å²) in [5.74, 6) is 0.895. The van der Waals surface area contributed by atoms with E-state index in [4.69, 9.17) is 11.6 Å². The van der Waals surface area contributed by atoms with Gasteiger partial charge < -0.3 is 4.98 Å². The molecule has 0 aliphatic heterocycles. The Morgan fingerprint density at radius 3 is 2.40 bits per heavy atom. The molecule has 2 aromatic rings. The van der Waals surface area contributed by atoms with Crippen molar-refractivity contribution in [2.45, 2.75) is 45.4 Å². The summed E-state index contributed by atoms with van der Waals surface area (Å²) in [6.45, 7) is 10.6. The van der Waals surface area contributed by atoms with E-state index in [0.717, 1.165) is 22.8 Å². The lowest BCUT2D eigenvalue weighted by Crippen LogP contribution is -2.10. The van der Waals surface area contributed by atoms with Crippen molar-refractivity contribution in [1.29, 1.82) is 0 Å². The molecule has 1 atom stereocenters. The number of hydrogen-bond acceptors (Lipinski definition) is 1. The van der Waals surface area contributed by atoms with Gasteiger partial charge in [0.1, 0.15) is 5.82 Å². The molecule has 0 fully saturated rings. The lowest BCUT2D eigenvalue weighted by atomic mass is 9.86. The highest BCUT2D eigenvalue weighted by Gasteiger charge is 2.16. The third kappa shape index (κ3) is 3.56. The van der Waals surface area contributed by atoms with Crippen molar-refractivity contribution in [1.82, 2.24) is 9.97 Å². The zero-order chi connectivity index (χ0) is 14.2. The molecule has 0 bridgehead atoms. The van der Waals surface area contributed by atoms with Crippen molar-refractivity contribution in [3.05, 3.63) is 41.2 Å². The van der Waals surface area contributed by atoms with Gasteiger partial charge in [-0.15, -0.1) is 24.0 Å². The first-order valence-electron chi connectivity index (χ1n) is 6.60. The standard InChI is InChI=1S/C16H21ClN2.ClH/c1-10(17)14-11(2)18-15(19-14)12-7-6-8-13(9-12)16(3,4)5;/h6-10H,1-5H3,(H,18,19);1H. The number of aromatic amines is 1. The molecule has 0 aliphatic rings. The minimum Gasteiger partial charge on any atom is -0.342 e. The van der Waals surface area contributed by atoms with Crippen molar-refractivity contribution in [2.75, 3.05) is 0 Å². The van der Waals surface area contributed by atoms with Crippen LogP contribution >= 0.6 is 24.0 Å². The number of imidazole rings is 1. The number of nitrogens with zero attached hydrogens (tertiary/aromatic N) is 1. The number of halogens is 2. The van der Waals surface area contributed by atoms with E-state index < -0.39 is 0 Å². The molecule has 1 heterocycles. The molecule has 0 saturated carbocycles. The Hall–Kier alpha value is -0.990. The normalized spacial score (nSPS) is 12.9. The fraction of sp³-hybridized carbons (Fsp3) is 0.438. The van der Waals surface area contributed by atoms with Gasteiger partial charge in [0.25, 0.3) is 0 Å². The van der Waals surface area contributed by atoms with Crippen LogP contribution < -0.4 is 0 Å². The van der Waals surface area contributed by atoms with Crippen molar-refractivity contribution in [3.8, 4) is 11.4 Å². The fourth-order valence-corrected chi connectivity index (χ4v) is 2.34. The van der Waals surface area contributed by atoms with Gasteiger partial charge in [0.15, 0.2) is 0 Å². The second-order valence-corrected chi connectivity index (χ2v) is 6.70. The maximum absolute atomic E-state index is 6.13. The summed E-state index contributed by atoms with van der Waals surface area (Å²) in [6.07, 6.45) is 0. The number of hydrogen-bond donors (Lipinski definition) is 1. The number of H-pyrrole nitrogens is 1. The molecule has 110 valence electrons. The number of benzene rings is 1. The summed E-state index contributed by atoms with van der Waals surface area (Å²) in [4.78, 5) is 7.94. The maximum Gasteiger partial charge on any atom is 0.137 e. The minimum atomic E-state index is -0.0733. The van der Waals surface area contributed by atoms with Crippen LogP contribution in [0.2, 0.25) is 0 Å². The lowest BCUT2D eigenvalue weighted by molar-refractivity contribution is 0.590. The van der Waals surface area contributed by atoms with Crippen LogP contribution in [0.1, 0.15) is 50.0 Å². The van der Waals surface area contributed by atoms with Crippen LogP contribution in [-0.2, 0) is 5.41 Å². The molecular weight excluding hydrogens is 291 g/mol.